The minimum atomic E-state index is -0.552. The van der Waals surface area contributed by atoms with E-state index in [1.54, 1.807) is 24.3 Å². The second kappa shape index (κ2) is 6.68. The first-order valence-electron chi connectivity index (χ1n) is 7.73. The Morgan fingerprint density at radius 3 is 2.54 bits per heavy atom. The fourth-order valence-electron chi connectivity index (χ4n) is 2.87. The molecule has 3 amide bonds. The molecule has 1 aromatic heterocycles. The van der Waals surface area contributed by atoms with Crippen LogP contribution in [-0.2, 0) is 9.53 Å². The number of benzene rings is 1. The fraction of sp³-hybridized carbons (Fsp3) is 0.167. The van der Waals surface area contributed by atoms with Gasteiger partial charge in [-0.1, -0.05) is 11.6 Å². The number of nitrogens with one attached hydrogen (secondary N) is 2. The summed E-state index contributed by atoms with van der Waals surface area (Å²) in [7, 11) is 1.31. The molecule has 2 N–H and O–H groups in total. The van der Waals surface area contributed by atoms with E-state index in [0.29, 0.717) is 16.3 Å². The van der Waals surface area contributed by atoms with E-state index in [9.17, 15) is 14.4 Å². The van der Waals surface area contributed by atoms with Crippen molar-refractivity contribution in [1.82, 2.24) is 15.2 Å². The van der Waals surface area contributed by atoms with Gasteiger partial charge >= 0.3 is 12.0 Å². The molecule has 0 saturated carbocycles. The third-order valence-electron chi connectivity index (χ3n) is 4.10. The fourth-order valence-corrected chi connectivity index (χ4v) is 3.07. The molecule has 3 rings (SSSR count). The molecule has 2 heterocycles. The standard InChI is InChI=1S/C18H16ClN3O4/c1-9-6-12(7-14-16(23)21-18(25)20-14)10(2)22(9)15-8-11(17(24)26-3)4-5-13(15)19/h4-8H,1-3H3,(H2,20,21,23,25)/b14-7-. The van der Waals surface area contributed by atoms with Crippen LogP contribution < -0.4 is 10.6 Å². The van der Waals surface area contributed by atoms with Crippen molar-refractivity contribution in [3.05, 3.63) is 57.5 Å². The number of hydrogen-bond donors (Lipinski definition) is 2. The van der Waals surface area contributed by atoms with E-state index < -0.39 is 17.9 Å². The van der Waals surface area contributed by atoms with Gasteiger partial charge in [-0.2, -0.15) is 0 Å². The molecule has 1 saturated heterocycles. The van der Waals surface area contributed by atoms with Crippen LogP contribution in [0.5, 0.6) is 0 Å². The van der Waals surface area contributed by atoms with Crippen molar-refractivity contribution in [2.45, 2.75) is 13.8 Å². The Morgan fingerprint density at radius 2 is 1.92 bits per heavy atom. The lowest BCUT2D eigenvalue weighted by atomic mass is 10.2. The third kappa shape index (κ3) is 3.09. The number of amides is 3. The minimum Gasteiger partial charge on any atom is -0.465 e. The van der Waals surface area contributed by atoms with Crippen LogP contribution in [0.2, 0.25) is 5.02 Å². The van der Waals surface area contributed by atoms with E-state index in [0.717, 1.165) is 17.0 Å². The summed E-state index contributed by atoms with van der Waals surface area (Å²) in [5.41, 5.74) is 3.56. The summed E-state index contributed by atoms with van der Waals surface area (Å²) in [5.74, 6) is -0.941. The maximum absolute atomic E-state index is 11.8. The molecular weight excluding hydrogens is 358 g/mol. The van der Waals surface area contributed by atoms with Crippen LogP contribution >= 0.6 is 11.6 Å². The van der Waals surface area contributed by atoms with Crippen molar-refractivity contribution >= 4 is 35.6 Å². The molecule has 0 bridgehead atoms. The van der Waals surface area contributed by atoms with Crippen molar-refractivity contribution in [2.75, 3.05) is 7.11 Å². The first kappa shape index (κ1) is 17.8. The maximum Gasteiger partial charge on any atom is 0.337 e. The number of halogens is 1. The van der Waals surface area contributed by atoms with E-state index >= 15 is 0 Å². The normalized spacial score (nSPS) is 15.2. The van der Waals surface area contributed by atoms with Gasteiger partial charge in [-0.3, -0.25) is 10.1 Å². The van der Waals surface area contributed by atoms with Gasteiger partial charge in [0.15, 0.2) is 0 Å². The summed E-state index contributed by atoms with van der Waals surface area (Å²) in [6.07, 6.45) is 1.59. The predicted octanol–water partition coefficient (Wildman–Crippen LogP) is 2.71. The Morgan fingerprint density at radius 1 is 1.19 bits per heavy atom. The van der Waals surface area contributed by atoms with Gasteiger partial charge in [-0.15, -0.1) is 0 Å². The van der Waals surface area contributed by atoms with Crippen LogP contribution in [-0.4, -0.2) is 29.6 Å². The monoisotopic (exact) mass is 373 g/mol. The zero-order valence-electron chi connectivity index (χ0n) is 14.3. The molecule has 1 aromatic carbocycles. The van der Waals surface area contributed by atoms with E-state index in [1.807, 2.05) is 24.5 Å². The molecule has 1 aliphatic heterocycles. The smallest absolute Gasteiger partial charge is 0.337 e. The average Bonchev–Trinajstić information content (AvgIpc) is 3.06. The summed E-state index contributed by atoms with van der Waals surface area (Å²) in [5, 5.41) is 5.08. The summed E-state index contributed by atoms with van der Waals surface area (Å²) in [4.78, 5) is 34.8. The molecular formula is C18H16ClN3O4. The van der Waals surface area contributed by atoms with Gasteiger partial charge in [0.1, 0.15) is 5.70 Å². The summed E-state index contributed by atoms with van der Waals surface area (Å²) >= 11 is 6.33. The Balaban J connectivity index is 2.10. The highest BCUT2D eigenvalue weighted by Gasteiger charge is 2.24. The van der Waals surface area contributed by atoms with Crippen LogP contribution in [0, 0.1) is 13.8 Å². The van der Waals surface area contributed by atoms with Gasteiger partial charge in [0.05, 0.1) is 23.4 Å². The summed E-state index contributed by atoms with van der Waals surface area (Å²) < 4.78 is 6.63. The predicted molar refractivity (Wildman–Crippen MR) is 96.2 cm³/mol. The largest absolute Gasteiger partial charge is 0.465 e. The molecule has 26 heavy (non-hydrogen) atoms. The molecule has 0 radical (unpaired) electrons. The molecule has 0 atom stereocenters. The highest BCUT2D eigenvalue weighted by molar-refractivity contribution is 6.32. The van der Waals surface area contributed by atoms with Crippen molar-refractivity contribution in [3.8, 4) is 5.69 Å². The summed E-state index contributed by atoms with van der Waals surface area (Å²) in [6, 6.07) is 6.18. The Bertz CT molecular complexity index is 975. The van der Waals surface area contributed by atoms with Gasteiger partial charge in [-0.25, -0.2) is 9.59 Å². The molecule has 1 fully saturated rings. The minimum absolute atomic E-state index is 0.171. The number of nitrogens with zero attached hydrogens (tertiary/aromatic N) is 1. The quantitative estimate of drug-likeness (QED) is 0.492. The molecule has 0 unspecified atom stereocenters. The lowest BCUT2D eigenvalue weighted by Crippen LogP contribution is -2.22. The number of aryl methyl sites for hydroxylation is 1. The Hall–Kier alpha value is -3.06. The van der Waals surface area contributed by atoms with Crippen LogP contribution in [0.15, 0.2) is 30.0 Å². The Kier molecular flexibility index (Phi) is 4.56. The van der Waals surface area contributed by atoms with E-state index in [-0.39, 0.29) is 5.70 Å². The number of ether oxygens (including phenoxy) is 1. The highest BCUT2D eigenvalue weighted by Crippen LogP contribution is 2.28. The number of imide groups is 1. The van der Waals surface area contributed by atoms with Crippen LogP contribution in [0.25, 0.3) is 11.8 Å². The lowest BCUT2D eigenvalue weighted by Gasteiger charge is -2.13. The summed E-state index contributed by atoms with van der Waals surface area (Å²) in [6.45, 7) is 3.73. The zero-order chi connectivity index (χ0) is 19.0. The first-order chi connectivity index (χ1) is 12.3. The highest BCUT2D eigenvalue weighted by atomic mass is 35.5. The molecule has 7 nitrogen and oxygen atoms in total. The van der Waals surface area contributed by atoms with Crippen LogP contribution in [0.4, 0.5) is 4.79 Å². The molecule has 2 aromatic rings. The zero-order valence-corrected chi connectivity index (χ0v) is 15.1. The number of esters is 1. The van der Waals surface area contributed by atoms with Crippen LogP contribution in [0.3, 0.4) is 0 Å². The number of hydrogen-bond acceptors (Lipinski definition) is 4. The number of carbonyl (C=O) groups is 3. The molecule has 8 heteroatoms. The lowest BCUT2D eigenvalue weighted by molar-refractivity contribution is -0.115. The third-order valence-corrected chi connectivity index (χ3v) is 4.42. The first-order valence-corrected chi connectivity index (χ1v) is 8.11. The SMILES string of the molecule is COC(=O)c1ccc(Cl)c(-n2c(C)cc(/C=C3\NC(=O)NC3=O)c2C)c1. The average molecular weight is 374 g/mol. The molecule has 1 aliphatic rings. The van der Waals surface area contributed by atoms with Gasteiger partial charge in [0, 0.05) is 11.4 Å². The molecule has 0 aliphatic carbocycles. The van der Waals surface area contributed by atoms with E-state index in [4.69, 9.17) is 16.3 Å². The van der Waals surface area contributed by atoms with Crippen molar-refractivity contribution < 1.29 is 19.1 Å². The topological polar surface area (TPSA) is 89.4 Å². The van der Waals surface area contributed by atoms with Gasteiger partial charge in [0.2, 0.25) is 0 Å². The second-order valence-electron chi connectivity index (χ2n) is 5.79. The molecule has 134 valence electrons. The second-order valence-corrected chi connectivity index (χ2v) is 6.19. The van der Waals surface area contributed by atoms with E-state index in [1.165, 1.54) is 7.11 Å². The Labute approximate surface area is 154 Å². The number of carbonyl (C=O) groups excluding carboxylic acids is 3. The van der Waals surface area contributed by atoms with Gasteiger partial charge in [-0.05, 0) is 49.8 Å². The number of methoxy groups -OCH3 is 1. The number of rotatable bonds is 3. The van der Waals surface area contributed by atoms with Gasteiger partial charge in [0.25, 0.3) is 5.91 Å². The molecule has 0 spiro atoms. The van der Waals surface area contributed by atoms with Crippen molar-refractivity contribution in [1.29, 1.82) is 0 Å². The van der Waals surface area contributed by atoms with E-state index in [2.05, 4.69) is 10.6 Å². The maximum atomic E-state index is 11.8. The number of aromatic nitrogens is 1. The number of urea groups is 1. The van der Waals surface area contributed by atoms with Crippen LogP contribution in [0.1, 0.15) is 27.3 Å². The van der Waals surface area contributed by atoms with Crippen molar-refractivity contribution in [2.24, 2.45) is 0 Å². The van der Waals surface area contributed by atoms with Crippen molar-refractivity contribution in [3.63, 3.8) is 0 Å². The van der Waals surface area contributed by atoms with Gasteiger partial charge < -0.3 is 14.6 Å².